The van der Waals surface area contributed by atoms with Gasteiger partial charge in [-0.2, -0.15) is 4.39 Å². The van der Waals surface area contributed by atoms with Crippen LogP contribution in [0.25, 0.3) is 5.69 Å². The number of ether oxygens (including phenoxy) is 1. The maximum absolute atomic E-state index is 13.4. The van der Waals surface area contributed by atoms with Crippen molar-refractivity contribution in [3.05, 3.63) is 55.8 Å². The fraction of sp³-hybridized carbons (Fsp3) is 0.0909. The first-order chi connectivity index (χ1) is 8.93. The number of rotatable bonds is 2. The molecule has 0 radical (unpaired) electrons. The zero-order chi connectivity index (χ0) is 14.2. The molecule has 0 atom stereocenters. The zero-order valence-corrected chi connectivity index (χ0v) is 10.3. The molecule has 0 bridgehead atoms. The van der Waals surface area contributed by atoms with E-state index in [0.717, 1.165) is 12.1 Å². The summed E-state index contributed by atoms with van der Waals surface area (Å²) in [5, 5.41) is -0.699. The topological polar surface area (TPSA) is 64.1 Å². The summed E-state index contributed by atoms with van der Waals surface area (Å²) in [4.78, 5) is 25.2. The van der Waals surface area contributed by atoms with Gasteiger partial charge in [-0.15, -0.1) is 0 Å². The van der Waals surface area contributed by atoms with Crippen molar-refractivity contribution in [2.45, 2.75) is 0 Å². The van der Waals surface area contributed by atoms with E-state index in [-0.39, 0.29) is 11.4 Å². The van der Waals surface area contributed by atoms with Crippen molar-refractivity contribution in [1.29, 1.82) is 0 Å². The SMILES string of the molecule is COc1cc(F)cc(-n2c(=O)[nH]c(Cl)c(F)c2=O)c1. The third-order valence-corrected chi connectivity index (χ3v) is 2.61. The van der Waals surface area contributed by atoms with Gasteiger partial charge in [0.15, 0.2) is 5.15 Å². The van der Waals surface area contributed by atoms with E-state index in [4.69, 9.17) is 16.3 Å². The van der Waals surface area contributed by atoms with E-state index in [9.17, 15) is 18.4 Å². The van der Waals surface area contributed by atoms with Gasteiger partial charge < -0.3 is 4.74 Å². The van der Waals surface area contributed by atoms with Gasteiger partial charge in [-0.1, -0.05) is 11.6 Å². The summed E-state index contributed by atoms with van der Waals surface area (Å²) in [5.74, 6) is -1.99. The summed E-state index contributed by atoms with van der Waals surface area (Å²) in [7, 11) is 1.29. The molecule has 8 heteroatoms. The number of benzene rings is 1. The molecule has 2 aromatic rings. The second-order valence-corrected chi connectivity index (χ2v) is 3.93. The van der Waals surface area contributed by atoms with Gasteiger partial charge in [0, 0.05) is 12.1 Å². The van der Waals surface area contributed by atoms with E-state index >= 15 is 0 Å². The van der Waals surface area contributed by atoms with Crippen LogP contribution in [0.1, 0.15) is 0 Å². The molecule has 19 heavy (non-hydrogen) atoms. The summed E-state index contributed by atoms with van der Waals surface area (Å²) in [6, 6.07) is 3.16. The predicted molar refractivity (Wildman–Crippen MR) is 64.1 cm³/mol. The van der Waals surface area contributed by atoms with Gasteiger partial charge in [0.1, 0.15) is 11.6 Å². The molecule has 5 nitrogen and oxygen atoms in total. The maximum Gasteiger partial charge on any atom is 0.334 e. The molecule has 0 spiro atoms. The van der Waals surface area contributed by atoms with Crippen LogP contribution in [0.4, 0.5) is 8.78 Å². The molecule has 0 unspecified atom stereocenters. The molecule has 0 fully saturated rings. The molecular formula is C11H7ClF2N2O3. The van der Waals surface area contributed by atoms with Crippen LogP contribution in [0, 0.1) is 11.6 Å². The monoisotopic (exact) mass is 288 g/mol. The first-order valence-electron chi connectivity index (χ1n) is 4.99. The zero-order valence-electron chi connectivity index (χ0n) is 9.54. The van der Waals surface area contributed by atoms with E-state index < -0.39 is 28.0 Å². The minimum atomic E-state index is -1.33. The second-order valence-electron chi connectivity index (χ2n) is 3.55. The Morgan fingerprint density at radius 1 is 1.26 bits per heavy atom. The number of nitrogens with zero attached hydrogens (tertiary/aromatic N) is 1. The molecule has 0 aliphatic heterocycles. The fourth-order valence-corrected chi connectivity index (χ4v) is 1.68. The number of hydrogen-bond donors (Lipinski definition) is 1. The number of methoxy groups -OCH3 is 1. The number of aromatic nitrogens is 2. The third kappa shape index (κ3) is 2.37. The Morgan fingerprint density at radius 2 is 1.95 bits per heavy atom. The molecule has 1 heterocycles. The highest BCUT2D eigenvalue weighted by atomic mass is 35.5. The van der Waals surface area contributed by atoms with Crippen LogP contribution in [0.3, 0.4) is 0 Å². The van der Waals surface area contributed by atoms with Crippen LogP contribution in [0.2, 0.25) is 5.15 Å². The molecule has 0 saturated heterocycles. The fourth-order valence-electron chi connectivity index (χ4n) is 1.52. The molecule has 100 valence electrons. The molecular weight excluding hydrogens is 282 g/mol. The Morgan fingerprint density at radius 3 is 2.58 bits per heavy atom. The number of halogens is 3. The van der Waals surface area contributed by atoms with Crippen LogP contribution < -0.4 is 16.0 Å². The second kappa shape index (κ2) is 4.85. The Kier molecular flexibility index (Phi) is 3.39. The van der Waals surface area contributed by atoms with Gasteiger partial charge >= 0.3 is 5.69 Å². The van der Waals surface area contributed by atoms with Gasteiger partial charge in [-0.3, -0.25) is 9.78 Å². The normalized spacial score (nSPS) is 10.5. The van der Waals surface area contributed by atoms with Crippen LogP contribution in [0.15, 0.2) is 27.8 Å². The highest BCUT2D eigenvalue weighted by Gasteiger charge is 2.15. The van der Waals surface area contributed by atoms with E-state index in [1.165, 1.54) is 13.2 Å². The maximum atomic E-state index is 13.4. The Bertz CT molecular complexity index is 755. The molecule has 0 saturated carbocycles. The number of hydrogen-bond acceptors (Lipinski definition) is 3. The van der Waals surface area contributed by atoms with Gasteiger partial charge in [0.05, 0.1) is 12.8 Å². The van der Waals surface area contributed by atoms with Crippen molar-refractivity contribution in [2.24, 2.45) is 0 Å². The van der Waals surface area contributed by atoms with Crippen LogP contribution >= 0.6 is 11.6 Å². The quantitative estimate of drug-likeness (QED) is 0.851. The van der Waals surface area contributed by atoms with Crippen LogP contribution in [-0.4, -0.2) is 16.7 Å². The van der Waals surface area contributed by atoms with Crippen molar-refractivity contribution in [3.8, 4) is 11.4 Å². The first kappa shape index (κ1) is 13.3. The lowest BCUT2D eigenvalue weighted by atomic mass is 10.3. The van der Waals surface area contributed by atoms with E-state index in [1.54, 1.807) is 0 Å². The average molecular weight is 289 g/mol. The smallest absolute Gasteiger partial charge is 0.334 e. The van der Waals surface area contributed by atoms with Crippen molar-refractivity contribution < 1.29 is 13.5 Å². The Balaban J connectivity index is 2.80. The standard InChI is InChI=1S/C11H7ClF2N2O3/c1-19-7-3-5(13)2-6(4-7)16-10(17)8(14)9(12)15-11(16)18/h2-4H,1H3,(H,15,18). The predicted octanol–water partition coefficient (Wildman–Crippen LogP) is 1.47. The first-order valence-corrected chi connectivity index (χ1v) is 5.37. The van der Waals surface area contributed by atoms with Gasteiger partial charge in [0.2, 0.25) is 5.82 Å². The lowest BCUT2D eigenvalue weighted by Gasteiger charge is -2.07. The van der Waals surface area contributed by atoms with E-state index in [0.29, 0.717) is 4.57 Å². The molecule has 1 aromatic carbocycles. The molecule has 0 aliphatic rings. The summed E-state index contributed by atoms with van der Waals surface area (Å²) < 4.78 is 31.9. The number of aromatic amines is 1. The van der Waals surface area contributed by atoms with E-state index in [2.05, 4.69) is 0 Å². The molecule has 0 aliphatic carbocycles. The average Bonchev–Trinajstić information content (AvgIpc) is 2.35. The Hall–Kier alpha value is -2.15. The highest BCUT2D eigenvalue weighted by Crippen LogP contribution is 2.17. The van der Waals surface area contributed by atoms with Crippen LogP contribution in [-0.2, 0) is 0 Å². The van der Waals surface area contributed by atoms with Gasteiger partial charge in [-0.25, -0.2) is 13.8 Å². The minimum absolute atomic E-state index is 0.0802. The Labute approximate surface area is 110 Å². The van der Waals surface area contributed by atoms with Crippen molar-refractivity contribution in [1.82, 2.24) is 9.55 Å². The van der Waals surface area contributed by atoms with Gasteiger partial charge in [-0.05, 0) is 6.07 Å². The molecule has 2 rings (SSSR count). The molecule has 1 aromatic heterocycles. The minimum Gasteiger partial charge on any atom is -0.497 e. The summed E-state index contributed by atoms with van der Waals surface area (Å²) in [6.45, 7) is 0. The largest absolute Gasteiger partial charge is 0.497 e. The lowest BCUT2D eigenvalue weighted by Crippen LogP contribution is -2.35. The van der Waals surface area contributed by atoms with Crippen molar-refractivity contribution >= 4 is 11.6 Å². The number of H-pyrrole nitrogens is 1. The molecule has 1 N–H and O–H groups in total. The van der Waals surface area contributed by atoms with Crippen molar-refractivity contribution in [2.75, 3.05) is 7.11 Å². The highest BCUT2D eigenvalue weighted by molar-refractivity contribution is 6.29. The van der Waals surface area contributed by atoms with Crippen LogP contribution in [0.5, 0.6) is 5.75 Å². The van der Waals surface area contributed by atoms with E-state index in [1.807, 2.05) is 4.98 Å². The lowest BCUT2D eigenvalue weighted by molar-refractivity contribution is 0.411. The van der Waals surface area contributed by atoms with Crippen molar-refractivity contribution in [3.63, 3.8) is 0 Å². The summed E-state index contributed by atoms with van der Waals surface area (Å²) in [6.07, 6.45) is 0. The molecule has 0 amide bonds. The number of nitrogens with one attached hydrogen (secondary N) is 1. The van der Waals surface area contributed by atoms with Gasteiger partial charge in [0.25, 0.3) is 5.56 Å². The summed E-state index contributed by atoms with van der Waals surface area (Å²) >= 11 is 5.33. The summed E-state index contributed by atoms with van der Waals surface area (Å²) in [5.41, 5.74) is -2.43. The third-order valence-electron chi connectivity index (χ3n) is 2.35.